The molecule has 1 aromatic carbocycles. The van der Waals surface area contributed by atoms with Crippen molar-refractivity contribution in [1.82, 2.24) is 0 Å². The topological polar surface area (TPSA) is 17.1 Å². The Morgan fingerprint density at radius 1 is 1.27 bits per heavy atom. The van der Waals surface area contributed by atoms with Crippen molar-refractivity contribution in [3.05, 3.63) is 35.4 Å². The molecule has 1 rings (SSSR count). The quantitative estimate of drug-likeness (QED) is 0.732. The van der Waals surface area contributed by atoms with Crippen molar-refractivity contribution in [2.45, 2.75) is 32.6 Å². The molecule has 1 nitrogen and oxygen atoms in total. The van der Waals surface area contributed by atoms with E-state index in [4.69, 9.17) is 0 Å². The Morgan fingerprint density at radius 3 is 2.67 bits per heavy atom. The molecular formula is C12H14F2O. The van der Waals surface area contributed by atoms with Gasteiger partial charge in [-0.1, -0.05) is 19.1 Å². The number of halogens is 2. The number of ketones is 1. The minimum Gasteiger partial charge on any atom is -0.300 e. The lowest BCUT2D eigenvalue weighted by Crippen LogP contribution is -2.01. The van der Waals surface area contributed by atoms with Gasteiger partial charge in [0.2, 0.25) is 0 Å². The Kier molecular flexibility index (Phi) is 4.40. The van der Waals surface area contributed by atoms with Gasteiger partial charge in [-0.2, -0.15) is 0 Å². The second-order valence-corrected chi connectivity index (χ2v) is 3.50. The van der Waals surface area contributed by atoms with E-state index in [0.717, 1.165) is 12.5 Å². The molecule has 0 unspecified atom stereocenters. The summed E-state index contributed by atoms with van der Waals surface area (Å²) < 4.78 is 25.9. The van der Waals surface area contributed by atoms with Crippen LogP contribution in [0.5, 0.6) is 0 Å². The van der Waals surface area contributed by atoms with Gasteiger partial charge in [-0.25, -0.2) is 8.78 Å². The SMILES string of the molecule is CCCC(=O)CCc1cccc(F)c1F. The molecule has 1 aromatic rings. The van der Waals surface area contributed by atoms with Gasteiger partial charge in [0.1, 0.15) is 5.78 Å². The molecule has 0 N–H and O–H groups in total. The molecule has 0 atom stereocenters. The molecule has 0 radical (unpaired) electrons. The van der Waals surface area contributed by atoms with Crippen LogP contribution in [-0.4, -0.2) is 5.78 Å². The number of hydrogen-bond donors (Lipinski definition) is 0. The minimum atomic E-state index is -0.851. The Labute approximate surface area is 88.1 Å². The summed E-state index contributed by atoms with van der Waals surface area (Å²) in [5.74, 6) is -1.58. The number of aryl methyl sites for hydroxylation is 1. The van der Waals surface area contributed by atoms with Crippen LogP contribution in [0.15, 0.2) is 18.2 Å². The molecule has 0 aliphatic carbocycles. The maximum Gasteiger partial charge on any atom is 0.162 e. The maximum absolute atomic E-state index is 13.2. The van der Waals surface area contributed by atoms with Crippen molar-refractivity contribution in [2.75, 3.05) is 0 Å². The number of hydrogen-bond acceptors (Lipinski definition) is 1. The summed E-state index contributed by atoms with van der Waals surface area (Å²) in [5.41, 5.74) is 0.277. The van der Waals surface area contributed by atoms with Crippen molar-refractivity contribution in [3.8, 4) is 0 Å². The zero-order chi connectivity index (χ0) is 11.3. The van der Waals surface area contributed by atoms with Crippen molar-refractivity contribution in [1.29, 1.82) is 0 Å². The van der Waals surface area contributed by atoms with Gasteiger partial charge in [0.15, 0.2) is 11.6 Å². The van der Waals surface area contributed by atoms with Gasteiger partial charge in [0.05, 0.1) is 0 Å². The number of Topliss-reactive ketones (excluding diaryl/α,β-unsaturated/α-hetero) is 1. The third-order valence-electron chi connectivity index (χ3n) is 2.23. The predicted octanol–water partition coefficient (Wildman–Crippen LogP) is 3.27. The summed E-state index contributed by atoms with van der Waals surface area (Å²) in [4.78, 5) is 11.2. The normalized spacial score (nSPS) is 10.3. The highest BCUT2D eigenvalue weighted by Crippen LogP contribution is 2.13. The lowest BCUT2D eigenvalue weighted by atomic mass is 10.0. The molecule has 0 spiro atoms. The zero-order valence-electron chi connectivity index (χ0n) is 8.72. The van der Waals surface area contributed by atoms with E-state index in [1.807, 2.05) is 6.92 Å². The summed E-state index contributed by atoms with van der Waals surface area (Å²) in [6, 6.07) is 4.04. The van der Waals surface area contributed by atoms with Crippen LogP contribution in [0.25, 0.3) is 0 Å². The Balaban J connectivity index is 2.58. The number of carbonyl (C=O) groups is 1. The highest BCUT2D eigenvalue weighted by molar-refractivity contribution is 5.78. The van der Waals surface area contributed by atoms with Crippen LogP contribution in [0.4, 0.5) is 8.78 Å². The van der Waals surface area contributed by atoms with Gasteiger partial charge in [-0.05, 0) is 24.5 Å². The van der Waals surface area contributed by atoms with E-state index < -0.39 is 11.6 Å². The van der Waals surface area contributed by atoms with Gasteiger partial charge >= 0.3 is 0 Å². The first-order valence-corrected chi connectivity index (χ1v) is 5.09. The fraction of sp³-hybridized carbons (Fsp3) is 0.417. The molecule has 15 heavy (non-hydrogen) atoms. The molecule has 0 aliphatic heterocycles. The van der Waals surface area contributed by atoms with Gasteiger partial charge < -0.3 is 0 Å². The van der Waals surface area contributed by atoms with Crippen molar-refractivity contribution < 1.29 is 13.6 Å². The van der Waals surface area contributed by atoms with E-state index in [9.17, 15) is 13.6 Å². The van der Waals surface area contributed by atoms with E-state index >= 15 is 0 Å². The lowest BCUT2D eigenvalue weighted by molar-refractivity contribution is -0.119. The van der Waals surface area contributed by atoms with E-state index in [0.29, 0.717) is 6.42 Å². The van der Waals surface area contributed by atoms with E-state index in [1.165, 1.54) is 12.1 Å². The van der Waals surface area contributed by atoms with Crippen LogP contribution < -0.4 is 0 Å². The summed E-state index contributed by atoms with van der Waals surface area (Å²) in [6.07, 6.45) is 1.87. The van der Waals surface area contributed by atoms with Crippen LogP contribution in [0, 0.1) is 11.6 Å². The summed E-state index contributed by atoms with van der Waals surface area (Å²) in [6.45, 7) is 1.92. The van der Waals surface area contributed by atoms with Crippen molar-refractivity contribution >= 4 is 5.78 Å². The Hall–Kier alpha value is -1.25. The monoisotopic (exact) mass is 212 g/mol. The van der Waals surface area contributed by atoms with Crippen LogP contribution in [0.2, 0.25) is 0 Å². The predicted molar refractivity (Wildman–Crippen MR) is 54.6 cm³/mol. The molecule has 82 valence electrons. The molecule has 3 heteroatoms. The Bertz CT molecular complexity index is 347. The third kappa shape index (κ3) is 3.42. The van der Waals surface area contributed by atoms with Crippen LogP contribution in [0.3, 0.4) is 0 Å². The van der Waals surface area contributed by atoms with Gasteiger partial charge in [0, 0.05) is 12.8 Å². The number of carbonyl (C=O) groups excluding carboxylic acids is 1. The number of rotatable bonds is 5. The minimum absolute atomic E-state index is 0.0983. The zero-order valence-corrected chi connectivity index (χ0v) is 8.72. The van der Waals surface area contributed by atoms with Gasteiger partial charge in [0.25, 0.3) is 0 Å². The van der Waals surface area contributed by atoms with Crippen molar-refractivity contribution in [3.63, 3.8) is 0 Å². The third-order valence-corrected chi connectivity index (χ3v) is 2.23. The second kappa shape index (κ2) is 5.59. The lowest BCUT2D eigenvalue weighted by Gasteiger charge is -2.02. The Morgan fingerprint density at radius 2 is 2.00 bits per heavy atom. The standard InChI is InChI=1S/C12H14F2O/c1-2-4-10(15)8-7-9-5-3-6-11(13)12(9)14/h3,5-6H,2,4,7-8H2,1H3. The molecule has 0 fully saturated rings. The fourth-order valence-corrected chi connectivity index (χ4v) is 1.42. The first-order valence-electron chi connectivity index (χ1n) is 5.09. The highest BCUT2D eigenvalue weighted by Gasteiger charge is 2.08. The van der Waals surface area contributed by atoms with E-state index in [1.54, 1.807) is 0 Å². The maximum atomic E-state index is 13.2. The molecule has 0 aliphatic rings. The summed E-state index contributed by atoms with van der Waals surface area (Å²) in [7, 11) is 0. The molecule has 0 saturated heterocycles. The van der Waals surface area contributed by atoms with E-state index in [-0.39, 0.29) is 24.2 Å². The average molecular weight is 212 g/mol. The molecule has 0 aromatic heterocycles. The molecular weight excluding hydrogens is 198 g/mol. The molecule has 0 saturated carbocycles. The van der Waals surface area contributed by atoms with E-state index in [2.05, 4.69) is 0 Å². The van der Waals surface area contributed by atoms with Gasteiger partial charge in [-0.15, -0.1) is 0 Å². The van der Waals surface area contributed by atoms with Crippen LogP contribution in [-0.2, 0) is 11.2 Å². The highest BCUT2D eigenvalue weighted by atomic mass is 19.2. The van der Waals surface area contributed by atoms with Crippen molar-refractivity contribution in [2.24, 2.45) is 0 Å². The summed E-state index contributed by atoms with van der Waals surface area (Å²) >= 11 is 0. The van der Waals surface area contributed by atoms with Crippen LogP contribution in [0.1, 0.15) is 31.7 Å². The van der Waals surface area contributed by atoms with Gasteiger partial charge in [-0.3, -0.25) is 4.79 Å². The molecule has 0 heterocycles. The smallest absolute Gasteiger partial charge is 0.162 e. The first kappa shape index (κ1) is 11.8. The first-order chi connectivity index (χ1) is 7.15. The number of benzene rings is 1. The summed E-state index contributed by atoms with van der Waals surface area (Å²) in [5, 5.41) is 0. The fourth-order valence-electron chi connectivity index (χ4n) is 1.42. The molecule has 0 amide bonds. The molecule has 0 bridgehead atoms. The second-order valence-electron chi connectivity index (χ2n) is 3.50. The largest absolute Gasteiger partial charge is 0.300 e. The van der Waals surface area contributed by atoms with Crippen LogP contribution >= 0.6 is 0 Å². The average Bonchev–Trinajstić information content (AvgIpc) is 2.21.